The quantitative estimate of drug-likeness (QED) is 0.834. The van der Waals surface area contributed by atoms with Crippen LogP contribution >= 0.6 is 11.8 Å². The first-order valence-electron chi connectivity index (χ1n) is 6.23. The molecule has 0 amide bonds. The second-order valence-corrected chi connectivity index (χ2v) is 9.07. The van der Waals surface area contributed by atoms with Gasteiger partial charge in [0.1, 0.15) is 0 Å². The first-order valence-corrected chi connectivity index (χ1v) is 8.70. The molecule has 0 fully saturated rings. The van der Waals surface area contributed by atoms with Crippen molar-refractivity contribution in [2.24, 2.45) is 0 Å². The smallest absolute Gasteiger partial charge is 0.210 e. The molecule has 21 heavy (non-hydrogen) atoms. The highest BCUT2D eigenvalue weighted by molar-refractivity contribution is 8.00. The molecule has 0 radical (unpaired) electrons. The van der Waals surface area contributed by atoms with E-state index in [0.717, 1.165) is 18.2 Å². The minimum atomic E-state index is -4.56. The maximum Gasteiger partial charge on any atom is 0.416 e. The Kier molecular flexibility index (Phi) is 5.74. The number of nitrogens with one attached hydrogen (secondary N) is 1. The lowest BCUT2D eigenvalue weighted by Gasteiger charge is -2.17. The summed E-state index contributed by atoms with van der Waals surface area (Å²) in [4.78, 5) is -0.377. The zero-order valence-electron chi connectivity index (χ0n) is 12.0. The molecule has 0 atom stereocenters. The lowest BCUT2D eigenvalue weighted by Crippen LogP contribution is -2.27. The number of alkyl halides is 3. The Bertz CT molecular complexity index is 578. The van der Waals surface area contributed by atoms with Gasteiger partial charge in [-0.1, -0.05) is 26.8 Å². The van der Waals surface area contributed by atoms with Gasteiger partial charge in [-0.3, -0.25) is 0 Å². The first-order chi connectivity index (χ1) is 9.42. The fraction of sp³-hybridized carbons (Fsp3) is 0.538. The van der Waals surface area contributed by atoms with Crippen LogP contribution in [0.4, 0.5) is 13.2 Å². The van der Waals surface area contributed by atoms with Gasteiger partial charge in [-0.15, -0.1) is 0 Å². The molecule has 1 rings (SSSR count). The normalized spacial score (nSPS) is 13.4. The van der Waals surface area contributed by atoms with Gasteiger partial charge in [0, 0.05) is 17.0 Å². The first kappa shape index (κ1) is 18.3. The van der Waals surface area contributed by atoms with Crippen molar-refractivity contribution in [1.29, 1.82) is 0 Å². The summed E-state index contributed by atoms with van der Waals surface area (Å²) in [6, 6.07) is 3.71. The van der Waals surface area contributed by atoms with E-state index in [1.165, 1.54) is 0 Å². The van der Waals surface area contributed by atoms with Gasteiger partial charge < -0.3 is 0 Å². The maximum absolute atomic E-state index is 12.6. The Hall–Kier alpha value is -0.730. The van der Waals surface area contributed by atoms with E-state index in [1.807, 2.05) is 20.8 Å². The molecule has 0 spiro atoms. The maximum atomic E-state index is 12.6. The Labute approximate surface area is 127 Å². The van der Waals surface area contributed by atoms with Gasteiger partial charge in [0.15, 0.2) is 0 Å². The molecule has 8 heteroatoms. The van der Waals surface area contributed by atoms with Gasteiger partial charge in [0.05, 0.1) is 10.5 Å². The van der Waals surface area contributed by atoms with Gasteiger partial charge >= 0.3 is 6.18 Å². The fourth-order valence-corrected chi connectivity index (χ4v) is 3.48. The van der Waals surface area contributed by atoms with Crippen molar-refractivity contribution in [2.45, 2.75) is 36.6 Å². The molecule has 1 N–H and O–H groups in total. The van der Waals surface area contributed by atoms with Crippen LogP contribution in [0.1, 0.15) is 26.3 Å². The molecular weight excluding hydrogens is 323 g/mol. The molecule has 0 heterocycles. The molecule has 120 valence electrons. The summed E-state index contributed by atoms with van der Waals surface area (Å²) in [6.45, 7) is 6.16. The molecule has 0 aliphatic heterocycles. The average molecular weight is 341 g/mol. The van der Waals surface area contributed by atoms with Gasteiger partial charge in [-0.25, -0.2) is 13.1 Å². The van der Waals surface area contributed by atoms with Crippen molar-refractivity contribution >= 4 is 21.8 Å². The van der Waals surface area contributed by atoms with Gasteiger partial charge in [0.25, 0.3) is 0 Å². The molecule has 0 bridgehead atoms. The standard InChI is InChI=1S/C13H18F3NO2S2/c1-12(2,3)20-8-7-17-21(18,19)11-6-4-5-10(9-11)13(14,15)16/h4-6,9,17H,7-8H2,1-3H3. The van der Waals surface area contributed by atoms with Crippen molar-refractivity contribution < 1.29 is 21.6 Å². The highest BCUT2D eigenvalue weighted by Gasteiger charge is 2.31. The van der Waals surface area contributed by atoms with Crippen LogP contribution in [0, 0.1) is 0 Å². The van der Waals surface area contributed by atoms with Crippen LogP contribution in [0.2, 0.25) is 0 Å². The van der Waals surface area contributed by atoms with Gasteiger partial charge in [0.2, 0.25) is 10.0 Å². The number of halogens is 3. The largest absolute Gasteiger partial charge is 0.416 e. The molecule has 1 aromatic carbocycles. The Balaban J connectivity index is 2.75. The highest BCUT2D eigenvalue weighted by atomic mass is 32.2. The third-order valence-electron chi connectivity index (χ3n) is 2.40. The minimum absolute atomic E-state index is 0.00163. The summed E-state index contributed by atoms with van der Waals surface area (Å²) in [5.74, 6) is 0.543. The van der Waals surface area contributed by atoms with E-state index in [0.29, 0.717) is 11.8 Å². The predicted octanol–water partition coefficient (Wildman–Crippen LogP) is 3.52. The van der Waals surface area contributed by atoms with E-state index in [9.17, 15) is 21.6 Å². The van der Waals surface area contributed by atoms with E-state index in [-0.39, 0.29) is 16.2 Å². The van der Waals surface area contributed by atoms with Crippen LogP contribution in [-0.2, 0) is 16.2 Å². The van der Waals surface area contributed by atoms with E-state index >= 15 is 0 Å². The lowest BCUT2D eigenvalue weighted by atomic mass is 10.2. The summed E-state index contributed by atoms with van der Waals surface area (Å²) >= 11 is 1.57. The lowest BCUT2D eigenvalue weighted by molar-refractivity contribution is -0.137. The zero-order chi connectivity index (χ0) is 16.3. The van der Waals surface area contributed by atoms with Crippen molar-refractivity contribution in [3.8, 4) is 0 Å². The van der Waals surface area contributed by atoms with Crippen LogP contribution in [-0.4, -0.2) is 25.5 Å². The summed E-state index contributed by atoms with van der Waals surface area (Å²) < 4.78 is 63.9. The van der Waals surface area contributed by atoms with Crippen molar-refractivity contribution in [3.05, 3.63) is 29.8 Å². The van der Waals surface area contributed by atoms with E-state index in [2.05, 4.69) is 4.72 Å². The van der Waals surface area contributed by atoms with Crippen LogP contribution in [0.15, 0.2) is 29.2 Å². The average Bonchev–Trinajstić information content (AvgIpc) is 2.33. The Morgan fingerprint density at radius 3 is 2.33 bits per heavy atom. The molecular formula is C13H18F3NO2S2. The van der Waals surface area contributed by atoms with Crippen LogP contribution < -0.4 is 4.72 Å². The molecule has 0 saturated heterocycles. The van der Waals surface area contributed by atoms with Crippen LogP contribution in [0.25, 0.3) is 0 Å². The molecule has 0 aromatic heterocycles. The fourth-order valence-electron chi connectivity index (χ4n) is 1.46. The Morgan fingerprint density at radius 1 is 1.19 bits per heavy atom. The minimum Gasteiger partial charge on any atom is -0.210 e. The van der Waals surface area contributed by atoms with E-state index in [1.54, 1.807) is 11.8 Å². The summed E-state index contributed by atoms with van der Waals surface area (Å²) in [6.07, 6.45) is -4.56. The predicted molar refractivity (Wildman–Crippen MR) is 78.8 cm³/mol. The zero-order valence-corrected chi connectivity index (χ0v) is 13.6. The van der Waals surface area contributed by atoms with Crippen LogP contribution in [0.5, 0.6) is 0 Å². The van der Waals surface area contributed by atoms with E-state index in [4.69, 9.17) is 0 Å². The van der Waals surface area contributed by atoms with Crippen LogP contribution in [0.3, 0.4) is 0 Å². The second kappa shape index (κ2) is 6.58. The third kappa shape index (κ3) is 6.27. The summed E-state index contributed by atoms with van der Waals surface area (Å²) in [7, 11) is -3.92. The SMILES string of the molecule is CC(C)(C)SCCNS(=O)(=O)c1cccc(C(F)(F)F)c1. The van der Waals surface area contributed by atoms with Crippen molar-refractivity contribution in [1.82, 2.24) is 4.72 Å². The Morgan fingerprint density at radius 2 is 1.81 bits per heavy atom. The van der Waals surface area contributed by atoms with Gasteiger partial charge in [-0.2, -0.15) is 24.9 Å². The summed E-state index contributed by atoms with van der Waals surface area (Å²) in [5.41, 5.74) is -0.977. The van der Waals surface area contributed by atoms with Crippen molar-refractivity contribution in [2.75, 3.05) is 12.3 Å². The molecule has 0 saturated carbocycles. The topological polar surface area (TPSA) is 46.2 Å². The highest BCUT2D eigenvalue weighted by Crippen LogP contribution is 2.30. The van der Waals surface area contributed by atoms with Crippen molar-refractivity contribution in [3.63, 3.8) is 0 Å². The second-order valence-electron chi connectivity index (χ2n) is 5.38. The molecule has 1 aromatic rings. The number of benzene rings is 1. The third-order valence-corrected chi connectivity index (χ3v) is 5.13. The number of thioether (sulfide) groups is 1. The molecule has 3 nitrogen and oxygen atoms in total. The number of hydrogen-bond donors (Lipinski definition) is 1. The van der Waals surface area contributed by atoms with Gasteiger partial charge in [-0.05, 0) is 18.2 Å². The number of hydrogen-bond acceptors (Lipinski definition) is 3. The summed E-state index contributed by atoms with van der Waals surface area (Å²) in [5, 5.41) is 0. The molecule has 0 aliphatic carbocycles. The number of sulfonamides is 1. The number of rotatable bonds is 5. The molecule has 0 aliphatic rings. The monoisotopic (exact) mass is 341 g/mol. The van der Waals surface area contributed by atoms with E-state index < -0.39 is 21.8 Å². The molecule has 0 unspecified atom stereocenters.